The average Bonchev–Trinajstić information content (AvgIpc) is 2.55. The van der Waals surface area contributed by atoms with Crippen LogP contribution in [0.15, 0.2) is 42.6 Å². The van der Waals surface area contributed by atoms with E-state index in [-0.39, 0.29) is 5.78 Å². The van der Waals surface area contributed by atoms with Gasteiger partial charge in [0.05, 0.1) is 11.1 Å². The van der Waals surface area contributed by atoms with Crippen molar-refractivity contribution >= 4 is 5.78 Å². The van der Waals surface area contributed by atoms with Crippen LogP contribution < -0.4 is 4.73 Å². The molecule has 3 rings (SSSR count). The quantitative estimate of drug-likeness (QED) is 0.405. The fourth-order valence-corrected chi connectivity index (χ4v) is 1.97. The number of nitrogens with zero attached hydrogens (tertiary/aromatic N) is 1. The van der Waals surface area contributed by atoms with E-state index in [2.05, 4.69) is 0 Å². The number of aromatic nitrogens is 1. The second kappa shape index (κ2) is 2.67. The molecule has 2 aromatic rings. The number of rotatable bonds is 0. The Kier molecular flexibility index (Phi) is 1.45. The fraction of sp³-hybridized carbons (Fsp3) is 0. The molecule has 0 radical (unpaired) electrons. The summed E-state index contributed by atoms with van der Waals surface area (Å²) in [4.78, 5) is 11.9. The van der Waals surface area contributed by atoms with Crippen LogP contribution in [0.25, 0.3) is 11.3 Å². The largest absolute Gasteiger partial charge is 0.618 e. The maximum atomic E-state index is 11.9. The highest BCUT2D eigenvalue weighted by Gasteiger charge is 2.32. The fourth-order valence-electron chi connectivity index (χ4n) is 1.97. The summed E-state index contributed by atoms with van der Waals surface area (Å²) in [6.07, 6.45) is 1.41. The van der Waals surface area contributed by atoms with Crippen LogP contribution in [0.3, 0.4) is 0 Å². The molecule has 1 aromatic heterocycles. The topological polar surface area (TPSA) is 44.0 Å². The maximum absolute atomic E-state index is 11.9. The third-order valence-electron chi connectivity index (χ3n) is 2.63. The van der Waals surface area contributed by atoms with Crippen molar-refractivity contribution in [3.8, 4) is 11.3 Å². The van der Waals surface area contributed by atoms with Gasteiger partial charge in [0, 0.05) is 11.6 Å². The van der Waals surface area contributed by atoms with Gasteiger partial charge in [0.1, 0.15) is 0 Å². The van der Waals surface area contributed by atoms with Gasteiger partial charge in [0.2, 0.25) is 11.5 Å². The smallest absolute Gasteiger partial charge is 0.235 e. The third kappa shape index (κ3) is 0.944. The molecule has 3 nitrogen and oxygen atoms in total. The van der Waals surface area contributed by atoms with E-state index in [0.717, 1.165) is 10.3 Å². The molecule has 3 heteroatoms. The molecule has 0 unspecified atom stereocenters. The van der Waals surface area contributed by atoms with Crippen molar-refractivity contribution in [2.45, 2.75) is 0 Å². The van der Waals surface area contributed by atoms with Crippen LogP contribution in [0.4, 0.5) is 0 Å². The average molecular weight is 197 g/mol. The van der Waals surface area contributed by atoms with Crippen molar-refractivity contribution in [2.24, 2.45) is 0 Å². The number of fused-ring (bicyclic) bond motifs is 3. The maximum Gasteiger partial charge on any atom is 0.235 e. The van der Waals surface area contributed by atoms with Gasteiger partial charge in [0.25, 0.3) is 0 Å². The van der Waals surface area contributed by atoms with Crippen molar-refractivity contribution in [2.75, 3.05) is 0 Å². The zero-order chi connectivity index (χ0) is 10.4. The number of carbonyl (C=O) groups excluding carboxylic acids is 1. The van der Waals surface area contributed by atoms with Crippen LogP contribution in [0, 0.1) is 5.21 Å². The number of hydrogen-bond acceptors (Lipinski definition) is 2. The van der Waals surface area contributed by atoms with Crippen molar-refractivity contribution in [3.63, 3.8) is 0 Å². The molecule has 15 heavy (non-hydrogen) atoms. The molecule has 1 aliphatic rings. The molecule has 0 saturated heterocycles. The van der Waals surface area contributed by atoms with Gasteiger partial charge in [0.15, 0.2) is 6.20 Å². The highest BCUT2D eigenvalue weighted by molar-refractivity contribution is 6.20. The monoisotopic (exact) mass is 197 g/mol. The zero-order valence-corrected chi connectivity index (χ0v) is 7.81. The molecule has 1 aliphatic carbocycles. The second-order valence-corrected chi connectivity index (χ2v) is 3.47. The zero-order valence-electron chi connectivity index (χ0n) is 7.81. The first-order valence-corrected chi connectivity index (χ1v) is 4.65. The number of pyridine rings is 1. The molecule has 1 heterocycles. The first kappa shape index (κ1) is 8.17. The summed E-state index contributed by atoms with van der Waals surface area (Å²) in [5, 5.41) is 11.6. The van der Waals surface area contributed by atoms with Gasteiger partial charge in [-0.05, 0) is 12.1 Å². The minimum Gasteiger partial charge on any atom is -0.618 e. The summed E-state index contributed by atoms with van der Waals surface area (Å²) in [7, 11) is 0. The number of ketones is 1. The molecular weight excluding hydrogens is 190 g/mol. The highest BCUT2D eigenvalue weighted by Crippen LogP contribution is 2.33. The van der Waals surface area contributed by atoms with E-state index in [1.807, 2.05) is 6.07 Å². The van der Waals surface area contributed by atoms with Crippen molar-refractivity contribution < 1.29 is 9.52 Å². The molecule has 0 atom stereocenters. The molecule has 0 amide bonds. The molecular formula is C12H7NO2. The molecule has 0 aliphatic heterocycles. The molecule has 0 saturated carbocycles. The van der Waals surface area contributed by atoms with Crippen LogP contribution >= 0.6 is 0 Å². The lowest BCUT2D eigenvalue weighted by Crippen LogP contribution is -2.28. The summed E-state index contributed by atoms with van der Waals surface area (Å²) >= 11 is 0. The molecule has 0 N–H and O–H groups in total. The van der Waals surface area contributed by atoms with E-state index >= 15 is 0 Å². The molecule has 0 bridgehead atoms. The van der Waals surface area contributed by atoms with Gasteiger partial charge in [-0.1, -0.05) is 18.2 Å². The van der Waals surface area contributed by atoms with Crippen LogP contribution in [-0.2, 0) is 0 Å². The minimum atomic E-state index is -0.0641. The van der Waals surface area contributed by atoms with Gasteiger partial charge >= 0.3 is 0 Å². The Labute approximate surface area is 86.2 Å². The van der Waals surface area contributed by atoms with Crippen LogP contribution in [0.1, 0.15) is 15.9 Å². The van der Waals surface area contributed by atoms with E-state index in [1.165, 1.54) is 6.20 Å². The standard InChI is InChI=1S/C12H7NO2/c14-12-9-5-2-1-4-8(9)11-10(12)6-3-7-13(11)15/h1-7H. The Morgan fingerprint density at radius 1 is 0.933 bits per heavy atom. The number of carbonyl (C=O) groups is 1. The predicted molar refractivity (Wildman–Crippen MR) is 54.3 cm³/mol. The Morgan fingerprint density at radius 3 is 2.40 bits per heavy atom. The van der Waals surface area contributed by atoms with Gasteiger partial charge in [-0.25, -0.2) is 0 Å². The second-order valence-electron chi connectivity index (χ2n) is 3.47. The molecule has 1 aromatic carbocycles. The SMILES string of the molecule is O=C1c2ccccc2-c2c1ccc[n+]2[O-]. The minimum absolute atomic E-state index is 0.0641. The predicted octanol–water partition coefficient (Wildman–Crippen LogP) is 1.53. The molecule has 0 spiro atoms. The first-order valence-electron chi connectivity index (χ1n) is 4.65. The van der Waals surface area contributed by atoms with E-state index in [9.17, 15) is 10.0 Å². The van der Waals surface area contributed by atoms with Crippen LogP contribution in [-0.4, -0.2) is 5.78 Å². The molecule has 0 fully saturated rings. The van der Waals surface area contributed by atoms with E-state index in [4.69, 9.17) is 0 Å². The summed E-state index contributed by atoms with van der Waals surface area (Å²) in [5.74, 6) is -0.0641. The Morgan fingerprint density at radius 2 is 1.60 bits per heavy atom. The van der Waals surface area contributed by atoms with E-state index in [0.29, 0.717) is 16.8 Å². The Bertz CT molecular complexity index is 576. The van der Waals surface area contributed by atoms with Gasteiger partial charge in [-0.2, -0.15) is 4.73 Å². The number of hydrogen-bond donors (Lipinski definition) is 0. The van der Waals surface area contributed by atoms with E-state index < -0.39 is 0 Å². The summed E-state index contributed by atoms with van der Waals surface area (Å²) in [6, 6.07) is 10.5. The highest BCUT2D eigenvalue weighted by atomic mass is 16.5. The first-order chi connectivity index (χ1) is 7.29. The third-order valence-corrected chi connectivity index (χ3v) is 2.63. The lowest BCUT2D eigenvalue weighted by atomic mass is 10.1. The lowest BCUT2D eigenvalue weighted by Gasteiger charge is -2.01. The van der Waals surface area contributed by atoms with Crippen LogP contribution in [0.2, 0.25) is 0 Å². The van der Waals surface area contributed by atoms with Crippen LogP contribution in [0.5, 0.6) is 0 Å². The molecule has 72 valence electrons. The van der Waals surface area contributed by atoms with Gasteiger partial charge < -0.3 is 5.21 Å². The normalized spacial score (nSPS) is 12.4. The lowest BCUT2D eigenvalue weighted by molar-refractivity contribution is -0.593. The summed E-state index contributed by atoms with van der Waals surface area (Å²) in [6.45, 7) is 0. The van der Waals surface area contributed by atoms with Gasteiger partial charge in [-0.3, -0.25) is 4.79 Å². The van der Waals surface area contributed by atoms with E-state index in [1.54, 1.807) is 30.3 Å². The summed E-state index contributed by atoms with van der Waals surface area (Å²) < 4.78 is 0.749. The van der Waals surface area contributed by atoms with Crippen molar-refractivity contribution in [1.29, 1.82) is 0 Å². The van der Waals surface area contributed by atoms with Crippen molar-refractivity contribution in [1.82, 2.24) is 0 Å². The van der Waals surface area contributed by atoms with Gasteiger partial charge in [-0.15, -0.1) is 0 Å². The number of benzene rings is 1. The Balaban J connectivity index is 2.45. The van der Waals surface area contributed by atoms with Crippen molar-refractivity contribution in [3.05, 3.63) is 58.9 Å². The summed E-state index contributed by atoms with van der Waals surface area (Å²) in [5.41, 5.74) is 2.31. The Hall–Kier alpha value is -2.16.